The predicted octanol–water partition coefficient (Wildman–Crippen LogP) is 4.99. The zero-order valence-electron chi connectivity index (χ0n) is 12.9. The van der Waals surface area contributed by atoms with Crippen LogP contribution in [0.1, 0.15) is 5.69 Å². The molecule has 0 aliphatic rings. The molecule has 1 N–H and O–H groups in total. The third-order valence-electron chi connectivity index (χ3n) is 3.59. The van der Waals surface area contributed by atoms with Crippen LogP contribution in [0.15, 0.2) is 63.9 Å². The van der Waals surface area contributed by atoms with Crippen molar-refractivity contribution >= 4 is 45.6 Å². The fourth-order valence-electron chi connectivity index (χ4n) is 2.37. The summed E-state index contributed by atoms with van der Waals surface area (Å²) in [5, 5.41) is 4.89. The third-order valence-corrected chi connectivity index (χ3v) is 5.69. The fraction of sp³-hybridized carbons (Fsp3) is 0.0556. The van der Waals surface area contributed by atoms with Gasteiger partial charge < -0.3 is 4.98 Å². The van der Waals surface area contributed by atoms with E-state index in [-0.39, 0.29) is 5.56 Å². The Hall–Kier alpha value is -2.15. The molecule has 124 valence electrons. The summed E-state index contributed by atoms with van der Waals surface area (Å²) in [6, 6.07) is 15.0. The molecule has 0 aliphatic heterocycles. The maximum absolute atomic E-state index is 12.1. The average molecular weight is 386 g/mol. The zero-order valence-corrected chi connectivity index (χ0v) is 15.3. The van der Waals surface area contributed by atoms with E-state index >= 15 is 0 Å². The Morgan fingerprint density at radius 3 is 2.72 bits per heavy atom. The molecule has 0 fully saturated rings. The highest BCUT2D eigenvalue weighted by molar-refractivity contribution is 7.98. The molecule has 0 spiro atoms. The van der Waals surface area contributed by atoms with Crippen LogP contribution in [0, 0.1) is 0 Å². The molecule has 4 nitrogen and oxygen atoms in total. The molecule has 2 aromatic heterocycles. The van der Waals surface area contributed by atoms with Gasteiger partial charge in [0, 0.05) is 21.7 Å². The number of thioether (sulfide) groups is 1. The lowest BCUT2D eigenvalue weighted by atomic mass is 10.2. The number of aromatic nitrogens is 3. The van der Waals surface area contributed by atoms with Crippen LogP contribution in [0.25, 0.3) is 21.5 Å². The lowest BCUT2D eigenvalue weighted by Crippen LogP contribution is -2.08. The van der Waals surface area contributed by atoms with E-state index in [1.165, 1.54) is 11.8 Å². The van der Waals surface area contributed by atoms with Crippen LogP contribution in [-0.4, -0.2) is 15.0 Å². The summed E-state index contributed by atoms with van der Waals surface area (Å²) >= 11 is 8.98. The van der Waals surface area contributed by atoms with Crippen LogP contribution in [0.3, 0.4) is 0 Å². The molecule has 4 rings (SSSR count). The number of fused-ring (bicyclic) bond motifs is 1. The summed E-state index contributed by atoms with van der Waals surface area (Å²) < 4.78 is 0. The Balaban J connectivity index is 1.52. The topological polar surface area (TPSA) is 58.6 Å². The summed E-state index contributed by atoms with van der Waals surface area (Å²) in [5.41, 5.74) is 2.58. The second-order valence-corrected chi connectivity index (χ2v) is 7.59. The minimum Gasteiger partial charge on any atom is -0.301 e. The Morgan fingerprint density at radius 2 is 1.88 bits per heavy atom. The van der Waals surface area contributed by atoms with Gasteiger partial charge in [0.05, 0.1) is 16.6 Å². The Kier molecular flexibility index (Phi) is 4.57. The molecule has 0 aliphatic carbocycles. The average Bonchev–Trinajstić information content (AvgIpc) is 3.10. The molecule has 4 aromatic rings. The van der Waals surface area contributed by atoms with Crippen LogP contribution in [0.2, 0.25) is 5.02 Å². The van der Waals surface area contributed by atoms with Crippen molar-refractivity contribution in [1.29, 1.82) is 0 Å². The van der Waals surface area contributed by atoms with Crippen molar-refractivity contribution < 1.29 is 0 Å². The van der Waals surface area contributed by atoms with Crippen molar-refractivity contribution in [3.05, 3.63) is 75.0 Å². The molecule has 0 saturated carbocycles. The second-order valence-electron chi connectivity index (χ2n) is 5.33. The number of para-hydroxylation sites is 1. The lowest BCUT2D eigenvalue weighted by Gasteiger charge is -2.01. The third kappa shape index (κ3) is 3.61. The number of benzene rings is 2. The summed E-state index contributed by atoms with van der Waals surface area (Å²) in [7, 11) is 0. The quantitative estimate of drug-likeness (QED) is 0.397. The van der Waals surface area contributed by atoms with Gasteiger partial charge in [-0.25, -0.2) is 9.97 Å². The van der Waals surface area contributed by atoms with Crippen LogP contribution in [0.4, 0.5) is 0 Å². The first-order valence-corrected chi connectivity index (χ1v) is 9.75. The molecular formula is C18H12ClN3OS2. The standard InChI is InChI=1S/C18H12ClN3OS2/c19-12-7-5-11(6-8-12)17-20-13(9-24-17)10-25-18-21-15-4-2-1-3-14(15)16(23)22-18/h1-9H,10H2,(H,21,22,23). The first kappa shape index (κ1) is 16.3. The monoisotopic (exact) mass is 385 g/mol. The van der Waals surface area contributed by atoms with Crippen LogP contribution >= 0.6 is 34.7 Å². The first-order chi connectivity index (χ1) is 12.2. The summed E-state index contributed by atoms with van der Waals surface area (Å²) in [4.78, 5) is 24.1. The van der Waals surface area contributed by atoms with E-state index in [1.54, 1.807) is 17.4 Å². The summed E-state index contributed by atoms with van der Waals surface area (Å²) in [6.07, 6.45) is 0. The van der Waals surface area contributed by atoms with E-state index in [0.29, 0.717) is 26.8 Å². The molecule has 2 heterocycles. The number of H-pyrrole nitrogens is 1. The smallest absolute Gasteiger partial charge is 0.259 e. The molecule has 0 bridgehead atoms. The van der Waals surface area contributed by atoms with Crippen molar-refractivity contribution in [1.82, 2.24) is 15.0 Å². The van der Waals surface area contributed by atoms with Crippen LogP contribution in [-0.2, 0) is 5.75 Å². The predicted molar refractivity (Wildman–Crippen MR) is 104 cm³/mol. The molecule has 0 atom stereocenters. The molecule has 2 aromatic carbocycles. The van der Waals surface area contributed by atoms with Gasteiger partial charge >= 0.3 is 0 Å². The minimum absolute atomic E-state index is 0.117. The number of aromatic amines is 1. The highest BCUT2D eigenvalue weighted by atomic mass is 35.5. The van der Waals surface area contributed by atoms with E-state index in [0.717, 1.165) is 16.3 Å². The van der Waals surface area contributed by atoms with Crippen LogP contribution < -0.4 is 5.56 Å². The first-order valence-electron chi connectivity index (χ1n) is 7.51. The number of halogens is 1. The van der Waals surface area contributed by atoms with E-state index in [4.69, 9.17) is 11.6 Å². The fourth-order valence-corrected chi connectivity index (χ4v) is 4.19. The van der Waals surface area contributed by atoms with Gasteiger partial charge in [-0.1, -0.05) is 47.6 Å². The molecular weight excluding hydrogens is 374 g/mol. The number of nitrogens with one attached hydrogen (secondary N) is 1. The number of thiazole rings is 1. The Morgan fingerprint density at radius 1 is 1.08 bits per heavy atom. The van der Waals surface area contributed by atoms with E-state index < -0.39 is 0 Å². The van der Waals surface area contributed by atoms with Gasteiger partial charge in [0.1, 0.15) is 5.01 Å². The van der Waals surface area contributed by atoms with Crippen molar-refractivity contribution in [2.24, 2.45) is 0 Å². The van der Waals surface area contributed by atoms with E-state index in [9.17, 15) is 4.79 Å². The minimum atomic E-state index is -0.117. The van der Waals surface area contributed by atoms with Gasteiger partial charge in [0.15, 0.2) is 5.16 Å². The highest BCUT2D eigenvalue weighted by Gasteiger charge is 2.08. The van der Waals surface area contributed by atoms with Gasteiger partial charge in [-0.05, 0) is 24.3 Å². The SMILES string of the molecule is O=c1[nH]c(SCc2csc(-c3ccc(Cl)cc3)n2)nc2ccccc12. The summed E-state index contributed by atoms with van der Waals surface area (Å²) in [5.74, 6) is 0.644. The van der Waals surface area contributed by atoms with Gasteiger partial charge in [0.25, 0.3) is 5.56 Å². The Bertz CT molecular complexity index is 1090. The number of rotatable bonds is 4. The molecule has 0 saturated heterocycles. The van der Waals surface area contributed by atoms with Gasteiger partial charge in [-0.15, -0.1) is 11.3 Å². The van der Waals surface area contributed by atoms with Crippen molar-refractivity contribution in [3.63, 3.8) is 0 Å². The largest absolute Gasteiger partial charge is 0.301 e. The number of nitrogens with zero attached hydrogens (tertiary/aromatic N) is 2. The Labute approximate surface area is 156 Å². The molecule has 25 heavy (non-hydrogen) atoms. The van der Waals surface area contributed by atoms with Gasteiger partial charge in [-0.3, -0.25) is 4.79 Å². The van der Waals surface area contributed by atoms with E-state index in [1.807, 2.05) is 47.8 Å². The molecule has 0 amide bonds. The highest BCUT2D eigenvalue weighted by Crippen LogP contribution is 2.27. The number of hydrogen-bond donors (Lipinski definition) is 1. The molecule has 0 radical (unpaired) electrons. The van der Waals surface area contributed by atoms with Gasteiger partial charge in [-0.2, -0.15) is 0 Å². The van der Waals surface area contributed by atoms with Crippen molar-refractivity contribution in [2.45, 2.75) is 10.9 Å². The van der Waals surface area contributed by atoms with Crippen molar-refractivity contribution in [3.8, 4) is 10.6 Å². The number of hydrogen-bond acceptors (Lipinski definition) is 5. The van der Waals surface area contributed by atoms with E-state index in [2.05, 4.69) is 15.0 Å². The maximum atomic E-state index is 12.1. The van der Waals surface area contributed by atoms with Gasteiger partial charge in [0.2, 0.25) is 0 Å². The summed E-state index contributed by atoms with van der Waals surface area (Å²) in [6.45, 7) is 0. The van der Waals surface area contributed by atoms with Crippen molar-refractivity contribution in [2.75, 3.05) is 0 Å². The zero-order chi connectivity index (χ0) is 17.2. The maximum Gasteiger partial charge on any atom is 0.259 e. The normalized spacial score (nSPS) is 11.1. The second kappa shape index (κ2) is 7.00. The van der Waals surface area contributed by atoms with Crippen LogP contribution in [0.5, 0.6) is 0 Å². The lowest BCUT2D eigenvalue weighted by molar-refractivity contribution is 0.972. The molecule has 7 heteroatoms. The molecule has 0 unspecified atom stereocenters.